The fourth-order valence-corrected chi connectivity index (χ4v) is 3.79. The number of likely N-dealkylation sites (N-methyl/N-ethyl adjacent to an activating group) is 1. The molecule has 0 spiro atoms. The van der Waals surface area contributed by atoms with Crippen molar-refractivity contribution in [1.82, 2.24) is 9.88 Å². The molecule has 9 heteroatoms. The molecule has 3 rings (SSSR count). The van der Waals surface area contributed by atoms with Crippen LogP contribution < -0.4 is 10.5 Å². The summed E-state index contributed by atoms with van der Waals surface area (Å²) in [4.78, 5) is 26.0. The number of hydrogen-bond donors (Lipinski definition) is 3. The monoisotopic (exact) mass is 440 g/mol. The van der Waals surface area contributed by atoms with Crippen LogP contribution in [0.15, 0.2) is 24.3 Å². The first-order chi connectivity index (χ1) is 15.3. The van der Waals surface area contributed by atoms with Gasteiger partial charge in [0.05, 0.1) is 0 Å². The Labute approximate surface area is 187 Å². The molecule has 170 valence electrons. The number of ether oxygens (including phenoxy) is 1. The molecule has 1 atom stereocenters. The number of anilines is 1. The van der Waals surface area contributed by atoms with Crippen LogP contribution in [0.3, 0.4) is 0 Å². The molecule has 9 nitrogen and oxygen atoms in total. The smallest absolute Gasteiger partial charge is 0.303 e. The maximum atomic E-state index is 11.2. The second-order valence-electron chi connectivity index (χ2n) is 7.78. The summed E-state index contributed by atoms with van der Waals surface area (Å²) in [6.45, 7) is 1.10. The van der Waals surface area contributed by atoms with E-state index in [4.69, 9.17) is 20.4 Å². The Bertz CT molecular complexity index is 1000. The number of nitrogens with zero attached hydrogens (tertiary/aromatic N) is 3. The van der Waals surface area contributed by atoms with Crippen molar-refractivity contribution in [2.45, 2.75) is 25.7 Å². The van der Waals surface area contributed by atoms with Crippen molar-refractivity contribution in [1.29, 1.82) is 5.26 Å². The predicted octanol–water partition coefficient (Wildman–Crippen LogP) is 2.42. The third-order valence-corrected chi connectivity index (χ3v) is 5.20. The number of carboxylic acid groups (broad SMARTS) is 2. The highest BCUT2D eigenvalue weighted by molar-refractivity contribution is 5.80. The molecule has 0 bridgehead atoms. The summed E-state index contributed by atoms with van der Waals surface area (Å²) in [6.07, 6.45) is 2.10. The maximum Gasteiger partial charge on any atom is 0.303 e. The maximum absolute atomic E-state index is 11.2. The van der Waals surface area contributed by atoms with E-state index in [0.29, 0.717) is 25.0 Å². The Morgan fingerprint density at radius 1 is 1.44 bits per heavy atom. The lowest BCUT2D eigenvalue weighted by molar-refractivity contribution is -0.138. The van der Waals surface area contributed by atoms with Crippen molar-refractivity contribution >= 4 is 18.3 Å². The molecule has 0 amide bonds. The zero-order chi connectivity index (χ0) is 23.7. The van der Waals surface area contributed by atoms with Crippen LogP contribution in [0.1, 0.15) is 29.7 Å². The van der Waals surface area contributed by atoms with Gasteiger partial charge in [0, 0.05) is 24.2 Å². The summed E-state index contributed by atoms with van der Waals surface area (Å²) in [7, 11) is 3.97. The predicted molar refractivity (Wildman–Crippen MR) is 119 cm³/mol. The van der Waals surface area contributed by atoms with Gasteiger partial charge >= 0.3 is 5.97 Å². The first-order valence-electron chi connectivity index (χ1n) is 10.2. The number of aromatic nitrogens is 1. The number of carbonyl (C=O) groups is 2. The molecule has 1 heterocycles. The van der Waals surface area contributed by atoms with E-state index in [2.05, 4.69) is 11.1 Å². The number of aryl methyl sites for hydroxylation is 1. The van der Waals surface area contributed by atoms with E-state index >= 15 is 0 Å². The van der Waals surface area contributed by atoms with Gasteiger partial charge in [-0.3, -0.25) is 9.59 Å². The Kier molecular flexibility index (Phi) is 8.98. The molecule has 0 aliphatic heterocycles. The number of rotatable bonds is 7. The lowest BCUT2D eigenvalue weighted by atomic mass is 9.80. The minimum absolute atomic E-state index is 0.0234. The highest BCUT2D eigenvalue weighted by Crippen LogP contribution is 2.39. The van der Waals surface area contributed by atoms with E-state index in [0.717, 1.165) is 41.1 Å². The summed E-state index contributed by atoms with van der Waals surface area (Å²) >= 11 is 0. The van der Waals surface area contributed by atoms with Crippen LogP contribution in [0, 0.1) is 17.2 Å². The number of carboxylic acids is 1. The molecule has 1 aromatic heterocycles. The Hall–Kier alpha value is -3.64. The van der Waals surface area contributed by atoms with Crippen molar-refractivity contribution in [3.05, 3.63) is 41.1 Å². The van der Waals surface area contributed by atoms with Crippen LogP contribution >= 0.6 is 0 Å². The number of nitrogens with two attached hydrogens (primary N) is 1. The van der Waals surface area contributed by atoms with E-state index in [1.54, 1.807) is 0 Å². The van der Waals surface area contributed by atoms with Gasteiger partial charge in [0.1, 0.15) is 29.8 Å². The molecule has 1 aliphatic rings. The van der Waals surface area contributed by atoms with Crippen LogP contribution in [-0.2, 0) is 22.4 Å². The van der Waals surface area contributed by atoms with Crippen LogP contribution in [0.25, 0.3) is 11.1 Å². The van der Waals surface area contributed by atoms with Gasteiger partial charge in [-0.05, 0) is 62.5 Å². The first kappa shape index (κ1) is 24.6. The minimum atomic E-state index is -0.805. The van der Waals surface area contributed by atoms with E-state index in [1.165, 1.54) is 0 Å². The second kappa shape index (κ2) is 11.7. The third kappa shape index (κ3) is 6.43. The molecule has 32 heavy (non-hydrogen) atoms. The molecule has 0 fully saturated rings. The standard InChI is InChI=1S/C22H26N4O3.CH2O2/c1-26(2)8-9-29-16-5-3-4-15(12-16)21-17-10-14(11-20(27)28)6-7-19(17)25-22(24)18(21)13-23;2-1-3/h3-5,12,14H,6-11H2,1-2H3,(H2,24,25)(H,27,28);1H,(H,2,3). The highest BCUT2D eigenvalue weighted by Gasteiger charge is 2.27. The quantitative estimate of drug-likeness (QED) is 0.551. The lowest BCUT2D eigenvalue weighted by Crippen LogP contribution is -2.21. The van der Waals surface area contributed by atoms with Gasteiger partial charge in [0.15, 0.2) is 0 Å². The fourth-order valence-electron chi connectivity index (χ4n) is 3.79. The number of hydrogen-bond acceptors (Lipinski definition) is 7. The van der Waals surface area contributed by atoms with Crippen molar-refractivity contribution in [3.8, 4) is 22.9 Å². The van der Waals surface area contributed by atoms with Gasteiger partial charge in [-0.2, -0.15) is 5.26 Å². The SMILES string of the molecule is CN(C)CCOc1cccc(-c2c(C#N)c(N)nc3c2CC(CC(=O)O)CC3)c1.O=CO. The van der Waals surface area contributed by atoms with Gasteiger partial charge in [-0.25, -0.2) is 4.98 Å². The van der Waals surface area contributed by atoms with Crippen LogP contribution in [0.4, 0.5) is 5.82 Å². The average Bonchev–Trinajstić information content (AvgIpc) is 2.73. The summed E-state index contributed by atoms with van der Waals surface area (Å²) in [5, 5.41) is 25.8. The van der Waals surface area contributed by atoms with E-state index in [1.807, 2.05) is 43.3 Å². The number of fused-ring (bicyclic) bond motifs is 1. The van der Waals surface area contributed by atoms with Gasteiger partial charge in [0.25, 0.3) is 6.47 Å². The van der Waals surface area contributed by atoms with Crippen molar-refractivity contribution in [2.75, 3.05) is 33.0 Å². The lowest BCUT2D eigenvalue weighted by Gasteiger charge is -2.26. The Balaban J connectivity index is 0.00000114. The van der Waals surface area contributed by atoms with Crippen molar-refractivity contribution < 1.29 is 24.5 Å². The van der Waals surface area contributed by atoms with Crippen LogP contribution in [0.2, 0.25) is 0 Å². The third-order valence-electron chi connectivity index (χ3n) is 5.20. The van der Waals surface area contributed by atoms with Crippen LogP contribution in [-0.4, -0.2) is 59.8 Å². The molecule has 0 saturated heterocycles. The number of pyridine rings is 1. The number of benzene rings is 1. The topological polar surface area (TPSA) is 150 Å². The van der Waals surface area contributed by atoms with E-state index in [-0.39, 0.29) is 24.6 Å². The minimum Gasteiger partial charge on any atom is -0.492 e. The van der Waals surface area contributed by atoms with Crippen molar-refractivity contribution in [2.24, 2.45) is 5.92 Å². The fraction of sp³-hybridized carbons (Fsp3) is 0.391. The number of aliphatic carboxylic acids is 1. The molecular weight excluding hydrogens is 412 g/mol. The second-order valence-corrected chi connectivity index (χ2v) is 7.78. The average molecular weight is 441 g/mol. The zero-order valence-electron chi connectivity index (χ0n) is 18.2. The molecule has 1 aliphatic carbocycles. The van der Waals surface area contributed by atoms with Gasteiger partial charge in [0.2, 0.25) is 0 Å². The summed E-state index contributed by atoms with van der Waals surface area (Å²) in [5.74, 6) is 0.155. The number of nitriles is 1. The highest BCUT2D eigenvalue weighted by atomic mass is 16.5. The largest absolute Gasteiger partial charge is 0.492 e. The van der Waals surface area contributed by atoms with Gasteiger partial charge in [-0.1, -0.05) is 12.1 Å². The van der Waals surface area contributed by atoms with Gasteiger partial charge in [-0.15, -0.1) is 0 Å². The van der Waals surface area contributed by atoms with Crippen LogP contribution in [0.5, 0.6) is 5.75 Å². The first-order valence-corrected chi connectivity index (χ1v) is 10.2. The van der Waals surface area contributed by atoms with E-state index < -0.39 is 5.97 Å². The molecular formula is C23H28N4O5. The molecule has 0 radical (unpaired) electrons. The summed E-state index contributed by atoms with van der Waals surface area (Å²) < 4.78 is 5.85. The molecule has 1 aromatic carbocycles. The molecule has 1 unspecified atom stereocenters. The number of nitrogen functional groups attached to an aromatic ring is 1. The molecule has 4 N–H and O–H groups in total. The molecule has 0 saturated carbocycles. The van der Waals surface area contributed by atoms with E-state index in [9.17, 15) is 15.2 Å². The Morgan fingerprint density at radius 3 is 2.78 bits per heavy atom. The van der Waals surface area contributed by atoms with Crippen molar-refractivity contribution in [3.63, 3.8) is 0 Å². The summed E-state index contributed by atoms with van der Waals surface area (Å²) in [6, 6.07) is 9.80. The summed E-state index contributed by atoms with van der Waals surface area (Å²) in [5.41, 5.74) is 9.81. The zero-order valence-corrected chi connectivity index (χ0v) is 18.2. The normalized spacial score (nSPS) is 14.5. The van der Waals surface area contributed by atoms with Gasteiger partial charge < -0.3 is 25.6 Å². The molecule has 2 aromatic rings. The Morgan fingerprint density at radius 2 is 2.16 bits per heavy atom.